The fraction of sp³-hybridized carbons (Fsp3) is 0.588. The molecule has 2 rings (SSSR count). The van der Waals surface area contributed by atoms with Crippen molar-refractivity contribution in [1.29, 1.82) is 31.6 Å². The van der Waals surface area contributed by atoms with Gasteiger partial charge in [-0.25, -0.2) is 0 Å². The molecule has 0 radical (unpaired) electrons. The summed E-state index contributed by atoms with van der Waals surface area (Å²) in [4.78, 5) is 4.24. The standard InChI is InChI=1S/C34H42N8S3/c1-33(2)15-27(25(19-35)20-36)29(23-39)31(17-33)41(5)7-9-43-11-13-45-14-12-44-10-8-42(6)32-18-34(3,4)16-28(30(32)24-40)26(21-37)22-38/h7-18H2,1-6H3. The maximum absolute atomic E-state index is 9.87. The Hall–Kier alpha value is -3.45. The lowest BCUT2D eigenvalue weighted by molar-refractivity contribution is 0.292. The van der Waals surface area contributed by atoms with Crippen molar-refractivity contribution in [2.75, 3.05) is 61.7 Å². The predicted molar refractivity (Wildman–Crippen MR) is 185 cm³/mol. The number of nitriles is 6. The smallest absolute Gasteiger partial charge is 0.134 e. The summed E-state index contributed by atoms with van der Waals surface area (Å²) in [6.07, 6.45) is 2.58. The molecule has 0 aromatic heterocycles. The SMILES string of the molecule is CN(CCSCCSCCSCCN(C)C1=C(C#N)C(=C(C#N)C#N)CC(C)(C)C1)C1=C(C#N)C(=C(C#N)C#N)CC(C)(C)C1. The monoisotopic (exact) mass is 658 g/mol. The fourth-order valence-corrected chi connectivity index (χ4v) is 8.87. The van der Waals surface area contributed by atoms with Crippen LogP contribution in [0.4, 0.5) is 0 Å². The Labute approximate surface area is 282 Å². The van der Waals surface area contributed by atoms with Crippen molar-refractivity contribution in [3.8, 4) is 36.4 Å². The van der Waals surface area contributed by atoms with Gasteiger partial charge >= 0.3 is 0 Å². The number of allylic oxidation sites excluding steroid dienone is 8. The van der Waals surface area contributed by atoms with E-state index in [9.17, 15) is 31.6 Å². The lowest BCUT2D eigenvalue weighted by atomic mass is 9.72. The van der Waals surface area contributed by atoms with Crippen LogP contribution in [0, 0.1) is 78.8 Å². The van der Waals surface area contributed by atoms with E-state index in [4.69, 9.17) is 0 Å². The van der Waals surface area contributed by atoms with E-state index < -0.39 is 0 Å². The molecule has 0 bridgehead atoms. The summed E-state index contributed by atoms with van der Waals surface area (Å²) in [5.41, 5.74) is 3.79. The van der Waals surface area contributed by atoms with E-state index >= 15 is 0 Å². The second-order valence-corrected chi connectivity index (χ2v) is 16.4. The lowest BCUT2D eigenvalue weighted by Gasteiger charge is -2.37. The van der Waals surface area contributed by atoms with Crippen LogP contribution < -0.4 is 0 Å². The molecule has 0 aromatic rings. The largest absolute Gasteiger partial charge is 0.376 e. The van der Waals surface area contributed by atoms with Crippen molar-refractivity contribution in [2.45, 2.75) is 53.4 Å². The normalized spacial score (nSPS) is 16.8. The van der Waals surface area contributed by atoms with Gasteiger partial charge < -0.3 is 9.80 Å². The first-order chi connectivity index (χ1) is 21.4. The highest BCUT2D eigenvalue weighted by molar-refractivity contribution is 8.04. The van der Waals surface area contributed by atoms with Crippen LogP contribution in [0.5, 0.6) is 0 Å². The van der Waals surface area contributed by atoms with Crippen LogP contribution in [-0.2, 0) is 0 Å². The average Bonchev–Trinajstić information content (AvgIpc) is 2.99. The molecular weight excluding hydrogens is 617 g/mol. The van der Waals surface area contributed by atoms with Crippen molar-refractivity contribution in [1.82, 2.24) is 9.80 Å². The third-order valence-corrected chi connectivity index (χ3v) is 11.3. The van der Waals surface area contributed by atoms with E-state index in [1.807, 2.05) is 73.7 Å². The van der Waals surface area contributed by atoms with Gasteiger partial charge in [0.2, 0.25) is 0 Å². The quantitative estimate of drug-likeness (QED) is 0.141. The molecule has 0 unspecified atom stereocenters. The van der Waals surface area contributed by atoms with Gasteiger partial charge in [-0.3, -0.25) is 0 Å². The van der Waals surface area contributed by atoms with Crippen LogP contribution in [0.1, 0.15) is 53.4 Å². The zero-order chi connectivity index (χ0) is 33.6. The van der Waals surface area contributed by atoms with E-state index in [2.05, 4.69) is 49.6 Å². The van der Waals surface area contributed by atoms with Crippen molar-refractivity contribution in [3.63, 3.8) is 0 Å². The summed E-state index contributed by atoms with van der Waals surface area (Å²) < 4.78 is 0. The van der Waals surface area contributed by atoms with Gasteiger partial charge in [-0.05, 0) is 36.5 Å². The highest BCUT2D eigenvalue weighted by Gasteiger charge is 2.35. The van der Waals surface area contributed by atoms with Crippen LogP contribution in [0.3, 0.4) is 0 Å². The van der Waals surface area contributed by atoms with Crippen LogP contribution in [0.2, 0.25) is 0 Å². The van der Waals surface area contributed by atoms with Crippen LogP contribution in [-0.4, -0.2) is 71.5 Å². The number of rotatable bonds is 14. The second-order valence-electron chi connectivity index (χ2n) is 12.7. The summed E-state index contributed by atoms with van der Waals surface area (Å²) in [7, 11) is 3.98. The molecule has 236 valence electrons. The van der Waals surface area contributed by atoms with Crippen LogP contribution in [0.25, 0.3) is 0 Å². The Morgan fingerprint density at radius 3 is 1.16 bits per heavy atom. The molecule has 0 N–H and O–H groups in total. The molecule has 0 heterocycles. The summed E-state index contributed by atoms with van der Waals surface area (Å²) in [6, 6.07) is 12.5. The van der Waals surface area contributed by atoms with E-state index in [1.54, 1.807) is 0 Å². The number of nitrogens with zero attached hydrogens (tertiary/aromatic N) is 8. The molecular formula is C34H42N8S3. The molecule has 0 amide bonds. The average molecular weight is 659 g/mol. The molecule has 45 heavy (non-hydrogen) atoms. The Balaban J connectivity index is 1.75. The number of thioether (sulfide) groups is 3. The van der Waals surface area contributed by atoms with E-state index in [0.717, 1.165) is 71.8 Å². The molecule has 0 atom stereocenters. The lowest BCUT2D eigenvalue weighted by Crippen LogP contribution is -2.30. The van der Waals surface area contributed by atoms with Gasteiger partial charge in [-0.15, -0.1) is 0 Å². The molecule has 11 heteroatoms. The molecule has 2 aliphatic rings. The predicted octanol–water partition coefficient (Wildman–Crippen LogP) is 6.93. The minimum Gasteiger partial charge on any atom is -0.376 e. The van der Waals surface area contributed by atoms with E-state index in [0.29, 0.717) is 35.1 Å². The van der Waals surface area contributed by atoms with Gasteiger partial charge in [0.25, 0.3) is 0 Å². The third-order valence-electron chi connectivity index (χ3n) is 7.87. The van der Waals surface area contributed by atoms with Crippen molar-refractivity contribution < 1.29 is 0 Å². The van der Waals surface area contributed by atoms with Crippen molar-refractivity contribution in [3.05, 3.63) is 44.8 Å². The van der Waals surface area contributed by atoms with Gasteiger partial charge in [0.15, 0.2) is 0 Å². The summed E-state index contributed by atoms with van der Waals surface area (Å²) >= 11 is 5.73. The Bertz CT molecular complexity index is 1350. The first-order valence-electron chi connectivity index (χ1n) is 14.9. The highest BCUT2D eigenvalue weighted by atomic mass is 32.2. The van der Waals surface area contributed by atoms with Gasteiger partial charge in [0.05, 0.1) is 11.1 Å². The molecule has 0 saturated carbocycles. The van der Waals surface area contributed by atoms with E-state index in [1.165, 1.54) is 0 Å². The third kappa shape index (κ3) is 10.8. The minimum atomic E-state index is -0.125. The second kappa shape index (κ2) is 17.9. The molecule has 8 nitrogen and oxygen atoms in total. The van der Waals surface area contributed by atoms with Crippen LogP contribution >= 0.6 is 35.3 Å². The summed E-state index contributed by atoms with van der Waals surface area (Å²) in [5.74, 6) is 6.09. The van der Waals surface area contributed by atoms with Gasteiger partial charge in [0, 0.05) is 84.2 Å². The van der Waals surface area contributed by atoms with E-state index in [-0.39, 0.29) is 22.0 Å². The number of hydrogen-bond acceptors (Lipinski definition) is 11. The van der Waals surface area contributed by atoms with Crippen molar-refractivity contribution in [2.24, 2.45) is 10.8 Å². The first-order valence-corrected chi connectivity index (χ1v) is 18.3. The van der Waals surface area contributed by atoms with Gasteiger partial charge in [0.1, 0.15) is 47.6 Å². The van der Waals surface area contributed by atoms with Gasteiger partial charge in [-0.2, -0.15) is 66.9 Å². The molecule has 0 aliphatic heterocycles. The molecule has 0 spiro atoms. The number of hydrogen-bond donors (Lipinski definition) is 0. The Kier molecular flexibility index (Phi) is 15.0. The summed E-state index contributed by atoms with van der Waals surface area (Å²) in [5, 5.41) is 57.4. The maximum Gasteiger partial charge on any atom is 0.134 e. The Morgan fingerprint density at radius 1 is 0.556 bits per heavy atom. The fourth-order valence-electron chi connectivity index (χ4n) is 5.57. The molecule has 2 aliphatic carbocycles. The molecule has 0 saturated heterocycles. The Morgan fingerprint density at radius 2 is 0.867 bits per heavy atom. The minimum absolute atomic E-state index is 0.0405. The van der Waals surface area contributed by atoms with Crippen LogP contribution in [0.15, 0.2) is 44.8 Å². The first kappa shape index (κ1) is 37.7. The highest BCUT2D eigenvalue weighted by Crippen LogP contribution is 2.44. The zero-order valence-corrected chi connectivity index (χ0v) is 29.7. The van der Waals surface area contributed by atoms with Crippen molar-refractivity contribution >= 4 is 35.3 Å². The molecule has 0 aromatic carbocycles. The molecule has 0 fully saturated rings. The summed E-state index contributed by atoms with van der Waals surface area (Å²) in [6.45, 7) is 10.0. The van der Waals surface area contributed by atoms with Gasteiger partial charge in [-0.1, -0.05) is 27.7 Å². The topological polar surface area (TPSA) is 149 Å². The zero-order valence-electron chi connectivity index (χ0n) is 27.3. The maximum atomic E-state index is 9.87.